The molecular formula is C20H26N2O4. The summed E-state index contributed by atoms with van der Waals surface area (Å²) in [5, 5.41) is 12.8. The van der Waals surface area contributed by atoms with Crippen molar-refractivity contribution in [1.29, 1.82) is 0 Å². The highest BCUT2D eigenvalue weighted by atomic mass is 16.5. The minimum Gasteiger partial charge on any atom is -0.506 e. The number of amides is 1. The summed E-state index contributed by atoms with van der Waals surface area (Å²) in [6, 6.07) is 5.15. The van der Waals surface area contributed by atoms with Crippen LogP contribution in [0.4, 0.5) is 5.69 Å². The van der Waals surface area contributed by atoms with E-state index in [0.717, 1.165) is 5.56 Å². The van der Waals surface area contributed by atoms with Crippen LogP contribution in [0.3, 0.4) is 0 Å². The Morgan fingerprint density at radius 1 is 1.27 bits per heavy atom. The van der Waals surface area contributed by atoms with Gasteiger partial charge in [0, 0.05) is 5.69 Å². The molecule has 1 aromatic heterocycles. The molecule has 0 unspecified atom stereocenters. The van der Waals surface area contributed by atoms with Gasteiger partial charge in [0.15, 0.2) is 0 Å². The number of aromatic hydroxyl groups is 1. The van der Waals surface area contributed by atoms with Gasteiger partial charge in [-0.3, -0.25) is 4.79 Å². The Morgan fingerprint density at radius 2 is 1.92 bits per heavy atom. The van der Waals surface area contributed by atoms with E-state index in [0.29, 0.717) is 28.9 Å². The molecule has 3 N–H and O–H groups in total. The number of carbonyl (C=O) groups is 2. The minimum atomic E-state index is -0.479. The standard InChI is InChI=1S/C20H26N2O4/c1-7-13-16(19(25)26-6)11(2)17(21-13)18(24)22-14-10-12(20(3,4)5)8-9-15(14)23/h8-10,21,23H,7H2,1-6H3,(H,22,24). The molecule has 1 heterocycles. The highest BCUT2D eigenvalue weighted by Crippen LogP contribution is 2.31. The second kappa shape index (κ2) is 7.23. The summed E-state index contributed by atoms with van der Waals surface area (Å²) in [6.45, 7) is 9.74. The van der Waals surface area contributed by atoms with Gasteiger partial charge < -0.3 is 20.1 Å². The number of carbonyl (C=O) groups excluding carboxylic acids is 2. The highest BCUT2D eigenvalue weighted by molar-refractivity contribution is 6.07. The molecule has 0 aliphatic carbocycles. The van der Waals surface area contributed by atoms with E-state index >= 15 is 0 Å². The maximum absolute atomic E-state index is 12.7. The lowest BCUT2D eigenvalue weighted by Crippen LogP contribution is -2.16. The fourth-order valence-electron chi connectivity index (χ4n) is 2.82. The zero-order chi connectivity index (χ0) is 19.6. The van der Waals surface area contributed by atoms with Crippen molar-refractivity contribution in [2.24, 2.45) is 0 Å². The summed E-state index contributed by atoms with van der Waals surface area (Å²) in [5.41, 5.74) is 3.02. The molecule has 0 saturated carbocycles. The van der Waals surface area contributed by atoms with Crippen LogP contribution in [0.5, 0.6) is 5.75 Å². The van der Waals surface area contributed by atoms with Crippen molar-refractivity contribution >= 4 is 17.6 Å². The summed E-state index contributed by atoms with van der Waals surface area (Å²) in [7, 11) is 1.31. The number of anilines is 1. The maximum atomic E-state index is 12.7. The van der Waals surface area contributed by atoms with E-state index in [9.17, 15) is 14.7 Å². The Kier molecular flexibility index (Phi) is 5.44. The van der Waals surface area contributed by atoms with E-state index < -0.39 is 11.9 Å². The molecule has 6 heteroatoms. The Morgan fingerprint density at radius 3 is 2.46 bits per heavy atom. The van der Waals surface area contributed by atoms with E-state index in [4.69, 9.17) is 4.74 Å². The molecule has 0 atom stereocenters. The van der Waals surface area contributed by atoms with E-state index in [-0.39, 0.29) is 16.9 Å². The molecule has 0 radical (unpaired) electrons. The second-order valence-electron chi connectivity index (χ2n) is 7.26. The number of H-pyrrole nitrogens is 1. The summed E-state index contributed by atoms with van der Waals surface area (Å²) in [6.07, 6.45) is 0.559. The van der Waals surface area contributed by atoms with Gasteiger partial charge in [-0.15, -0.1) is 0 Å². The zero-order valence-corrected chi connectivity index (χ0v) is 16.1. The first kappa shape index (κ1) is 19.6. The largest absolute Gasteiger partial charge is 0.506 e. The van der Waals surface area contributed by atoms with Gasteiger partial charge in [-0.1, -0.05) is 33.8 Å². The third kappa shape index (κ3) is 3.74. The summed E-state index contributed by atoms with van der Waals surface area (Å²) < 4.78 is 4.81. The first-order valence-corrected chi connectivity index (χ1v) is 8.54. The number of aromatic nitrogens is 1. The Hall–Kier alpha value is -2.76. The first-order valence-electron chi connectivity index (χ1n) is 8.54. The van der Waals surface area contributed by atoms with Crippen LogP contribution in [0.1, 0.15) is 65.4 Å². The van der Waals surface area contributed by atoms with Crippen LogP contribution < -0.4 is 5.32 Å². The molecule has 2 rings (SSSR count). The molecule has 140 valence electrons. The van der Waals surface area contributed by atoms with Crippen LogP contribution in [-0.2, 0) is 16.6 Å². The average molecular weight is 358 g/mol. The topological polar surface area (TPSA) is 91.4 Å². The lowest BCUT2D eigenvalue weighted by molar-refractivity contribution is 0.0599. The quantitative estimate of drug-likeness (QED) is 0.570. The van der Waals surface area contributed by atoms with E-state index in [1.165, 1.54) is 7.11 Å². The maximum Gasteiger partial charge on any atom is 0.339 e. The van der Waals surface area contributed by atoms with E-state index in [1.807, 2.05) is 13.0 Å². The van der Waals surface area contributed by atoms with Gasteiger partial charge in [0.2, 0.25) is 0 Å². The monoisotopic (exact) mass is 358 g/mol. The van der Waals surface area contributed by atoms with Crippen LogP contribution >= 0.6 is 0 Å². The number of esters is 1. The second-order valence-corrected chi connectivity index (χ2v) is 7.26. The Labute approximate surface area is 153 Å². The summed E-state index contributed by atoms with van der Waals surface area (Å²) in [4.78, 5) is 27.7. The SMILES string of the molecule is CCc1[nH]c(C(=O)Nc2cc(C(C)(C)C)ccc2O)c(C)c1C(=O)OC. The molecule has 26 heavy (non-hydrogen) atoms. The number of phenols is 1. The number of aryl methyl sites for hydroxylation is 1. The number of aromatic amines is 1. The van der Waals surface area contributed by atoms with Gasteiger partial charge in [0.1, 0.15) is 11.4 Å². The van der Waals surface area contributed by atoms with E-state index in [1.54, 1.807) is 19.1 Å². The number of benzene rings is 1. The Bertz CT molecular complexity index is 844. The molecule has 6 nitrogen and oxygen atoms in total. The molecule has 0 spiro atoms. The average Bonchev–Trinajstić information content (AvgIpc) is 2.91. The van der Waals surface area contributed by atoms with Crippen molar-refractivity contribution in [2.45, 2.75) is 46.5 Å². The number of hydrogen-bond acceptors (Lipinski definition) is 4. The minimum absolute atomic E-state index is 0.0144. The molecule has 2 aromatic rings. The highest BCUT2D eigenvalue weighted by Gasteiger charge is 2.24. The fraction of sp³-hybridized carbons (Fsp3) is 0.400. The molecule has 1 aromatic carbocycles. The zero-order valence-electron chi connectivity index (χ0n) is 16.1. The van der Waals surface area contributed by atoms with Gasteiger partial charge in [0.05, 0.1) is 18.4 Å². The van der Waals surface area contributed by atoms with Gasteiger partial charge in [-0.05, 0) is 42.0 Å². The van der Waals surface area contributed by atoms with Crippen molar-refractivity contribution in [3.05, 3.63) is 46.3 Å². The Balaban J connectivity index is 2.40. The van der Waals surface area contributed by atoms with Crippen LogP contribution in [0.15, 0.2) is 18.2 Å². The van der Waals surface area contributed by atoms with Crippen LogP contribution in [0.25, 0.3) is 0 Å². The summed E-state index contributed by atoms with van der Waals surface area (Å²) >= 11 is 0. The van der Waals surface area contributed by atoms with Gasteiger partial charge in [0.25, 0.3) is 5.91 Å². The van der Waals surface area contributed by atoms with Crippen LogP contribution in [0.2, 0.25) is 0 Å². The smallest absolute Gasteiger partial charge is 0.339 e. The van der Waals surface area contributed by atoms with Gasteiger partial charge >= 0.3 is 5.97 Å². The van der Waals surface area contributed by atoms with Crippen molar-refractivity contribution in [3.63, 3.8) is 0 Å². The number of ether oxygens (including phenoxy) is 1. The van der Waals surface area contributed by atoms with Crippen molar-refractivity contribution in [3.8, 4) is 5.75 Å². The van der Waals surface area contributed by atoms with Crippen molar-refractivity contribution in [2.75, 3.05) is 12.4 Å². The molecular weight excluding hydrogens is 332 g/mol. The lowest BCUT2D eigenvalue weighted by atomic mass is 9.87. The molecule has 0 aliphatic heterocycles. The van der Waals surface area contributed by atoms with Gasteiger partial charge in [-0.25, -0.2) is 4.79 Å². The molecule has 0 fully saturated rings. The first-order chi connectivity index (χ1) is 12.1. The molecule has 0 aliphatic rings. The van der Waals surface area contributed by atoms with Crippen molar-refractivity contribution in [1.82, 2.24) is 4.98 Å². The van der Waals surface area contributed by atoms with E-state index in [2.05, 4.69) is 31.1 Å². The van der Waals surface area contributed by atoms with Crippen molar-refractivity contribution < 1.29 is 19.4 Å². The summed E-state index contributed by atoms with van der Waals surface area (Å²) in [5.74, 6) is -0.916. The molecule has 0 saturated heterocycles. The lowest BCUT2D eigenvalue weighted by Gasteiger charge is -2.20. The number of rotatable bonds is 4. The predicted octanol–water partition coefficient (Wildman–Crippen LogP) is 3.93. The number of methoxy groups -OCH3 is 1. The molecule has 0 bridgehead atoms. The van der Waals surface area contributed by atoms with Gasteiger partial charge in [-0.2, -0.15) is 0 Å². The molecule has 1 amide bonds. The van der Waals surface area contributed by atoms with Crippen LogP contribution in [0, 0.1) is 6.92 Å². The normalized spacial score (nSPS) is 11.3. The number of hydrogen-bond donors (Lipinski definition) is 3. The van der Waals surface area contributed by atoms with Crippen LogP contribution in [-0.4, -0.2) is 29.1 Å². The third-order valence-electron chi connectivity index (χ3n) is 4.41. The number of phenolic OH excluding ortho intramolecular Hbond substituents is 1. The third-order valence-corrected chi connectivity index (χ3v) is 4.41. The predicted molar refractivity (Wildman–Crippen MR) is 101 cm³/mol. The fourth-order valence-corrected chi connectivity index (χ4v) is 2.82. The number of nitrogens with one attached hydrogen (secondary N) is 2.